The molecule has 3 unspecified atom stereocenters. The highest BCUT2D eigenvalue weighted by atomic mass is 33.1. The summed E-state index contributed by atoms with van der Waals surface area (Å²) < 4.78 is 0. The summed E-state index contributed by atoms with van der Waals surface area (Å²) in [6, 6.07) is 0.0893. The second kappa shape index (κ2) is 17.4. The van der Waals surface area contributed by atoms with Crippen molar-refractivity contribution in [1.29, 1.82) is 0 Å². The van der Waals surface area contributed by atoms with Crippen LogP contribution in [0.4, 0.5) is 0 Å². The number of rotatable bonds is 16. The summed E-state index contributed by atoms with van der Waals surface area (Å²) in [6.07, 6.45) is 11.7. The van der Waals surface area contributed by atoms with Crippen LogP contribution in [0.15, 0.2) is 0 Å². The monoisotopic (exact) mass is 547 g/mol. The molecule has 9 heteroatoms. The van der Waals surface area contributed by atoms with Crippen LogP contribution in [0, 0.1) is 0 Å². The number of thioether (sulfide) groups is 2. The number of likely N-dealkylation sites (tertiary alicyclic amines) is 1. The van der Waals surface area contributed by atoms with E-state index >= 15 is 0 Å². The summed E-state index contributed by atoms with van der Waals surface area (Å²) in [5, 5.41) is 1.20. The Balaban J connectivity index is 1.62. The largest absolute Gasteiger partial charge is 0.339 e. The molecule has 2 aliphatic heterocycles. The van der Waals surface area contributed by atoms with Gasteiger partial charge in [-0.15, -0.1) is 0 Å². The number of nitrogens with zero attached hydrogens (tertiary/aromatic N) is 1. The molecule has 0 spiro atoms. The second-order valence-corrected chi connectivity index (χ2v) is 14.8. The molecule has 0 bridgehead atoms. The molecule has 2 fully saturated rings. The van der Waals surface area contributed by atoms with Crippen LogP contribution in [0.1, 0.15) is 97.3 Å². The minimum Gasteiger partial charge on any atom is -0.339 e. The van der Waals surface area contributed by atoms with Gasteiger partial charge in [0.25, 0.3) is 0 Å². The molecule has 0 aliphatic carbocycles. The van der Waals surface area contributed by atoms with Crippen LogP contribution in [0.5, 0.6) is 0 Å². The highest BCUT2D eigenvalue weighted by molar-refractivity contribution is 8.77. The van der Waals surface area contributed by atoms with Crippen molar-refractivity contribution in [2.45, 2.75) is 114 Å². The first kappa shape index (κ1) is 30.1. The zero-order valence-electron chi connectivity index (χ0n) is 20.8. The lowest BCUT2D eigenvalue weighted by Gasteiger charge is -2.24. The Labute approximate surface area is 222 Å². The number of hydrogen-bond donors (Lipinski definition) is 0. The smallest absolute Gasteiger partial charge is 0.222 e. The lowest BCUT2D eigenvalue weighted by Crippen LogP contribution is -2.36. The van der Waals surface area contributed by atoms with E-state index in [1.165, 1.54) is 42.1 Å². The van der Waals surface area contributed by atoms with Gasteiger partial charge in [0.05, 0.1) is 0 Å². The fourth-order valence-electron chi connectivity index (χ4n) is 4.62. The quantitative estimate of drug-likeness (QED) is 0.160. The maximum atomic E-state index is 12.8. The topological polar surface area (TPSA) is 71.5 Å². The predicted octanol–water partition coefficient (Wildman–Crippen LogP) is 6.53. The van der Waals surface area contributed by atoms with E-state index in [4.69, 9.17) is 0 Å². The predicted molar refractivity (Wildman–Crippen MR) is 150 cm³/mol. The number of carbonyl (C=O) groups excluding carboxylic acids is 4. The summed E-state index contributed by atoms with van der Waals surface area (Å²) in [7, 11) is 3.98. The van der Waals surface area contributed by atoms with Crippen LogP contribution >= 0.6 is 45.1 Å². The molecule has 0 aromatic rings. The fourth-order valence-corrected chi connectivity index (χ4v) is 9.48. The molecule has 2 saturated heterocycles. The Morgan fingerprint density at radius 2 is 1.76 bits per heavy atom. The van der Waals surface area contributed by atoms with Crippen LogP contribution in [0.25, 0.3) is 0 Å². The molecule has 0 N–H and O–H groups in total. The standard InChI is InChI=1S/C25H41NO4S4/c1-19(27)31-16-13-23(33-20(2)28)10-5-6-12-25(30)26-15-7-8-21(26)18-22(29)9-3-4-11-24-14-17-32-34-24/h21,23-24H,3-18H2,1-2H3. The number of Topliss-reactive ketones (excluding diaryl/α,β-unsaturated/α-hetero) is 1. The maximum absolute atomic E-state index is 12.8. The molecule has 0 saturated carbocycles. The van der Waals surface area contributed by atoms with Crippen LogP contribution in [0.3, 0.4) is 0 Å². The van der Waals surface area contributed by atoms with Crippen LogP contribution in [-0.2, 0) is 19.2 Å². The molecule has 34 heavy (non-hydrogen) atoms. The molecule has 2 rings (SSSR count). The number of carbonyl (C=O) groups is 4. The number of unbranched alkanes of at least 4 members (excludes halogenated alkanes) is 2. The summed E-state index contributed by atoms with van der Waals surface area (Å²) >= 11 is 2.67. The van der Waals surface area contributed by atoms with E-state index < -0.39 is 0 Å². The van der Waals surface area contributed by atoms with Crippen molar-refractivity contribution in [3.05, 3.63) is 0 Å². The van der Waals surface area contributed by atoms with E-state index in [0.717, 1.165) is 68.9 Å². The molecule has 3 atom stereocenters. The summed E-state index contributed by atoms with van der Waals surface area (Å²) in [4.78, 5) is 50.0. The SMILES string of the molecule is CC(=O)SCCC(CCCCC(=O)N1CCCC1CC(=O)CCCCC1CCSS1)SC(C)=O. The summed E-state index contributed by atoms with van der Waals surface area (Å²) in [5.74, 6) is 2.49. The lowest BCUT2D eigenvalue weighted by atomic mass is 10.0. The van der Waals surface area contributed by atoms with Gasteiger partial charge in [0.15, 0.2) is 10.2 Å². The molecular weight excluding hydrogens is 507 g/mol. The third kappa shape index (κ3) is 12.7. The average molecular weight is 548 g/mol. The van der Waals surface area contributed by atoms with Gasteiger partial charge in [0.1, 0.15) is 5.78 Å². The van der Waals surface area contributed by atoms with Crippen molar-refractivity contribution < 1.29 is 19.2 Å². The van der Waals surface area contributed by atoms with Gasteiger partial charge < -0.3 is 4.90 Å². The third-order valence-corrected chi connectivity index (χ3v) is 11.4. The zero-order valence-corrected chi connectivity index (χ0v) is 24.0. The molecule has 0 radical (unpaired) electrons. The van der Waals surface area contributed by atoms with Gasteiger partial charge in [-0.05, 0) is 51.4 Å². The molecule has 5 nitrogen and oxygen atoms in total. The van der Waals surface area contributed by atoms with Crippen LogP contribution in [-0.4, -0.2) is 61.4 Å². The number of hydrogen-bond acceptors (Lipinski definition) is 8. The first-order valence-corrected chi connectivity index (χ1v) is 17.0. The zero-order chi connectivity index (χ0) is 24.8. The minimum atomic E-state index is 0.0893. The van der Waals surface area contributed by atoms with Gasteiger partial charge in [0, 0.05) is 67.7 Å². The molecule has 0 aromatic carbocycles. The van der Waals surface area contributed by atoms with Crippen molar-refractivity contribution in [3.8, 4) is 0 Å². The van der Waals surface area contributed by atoms with Crippen molar-refractivity contribution in [1.82, 2.24) is 4.90 Å². The molecular formula is C25H41NO4S4. The van der Waals surface area contributed by atoms with Crippen LogP contribution in [0.2, 0.25) is 0 Å². The van der Waals surface area contributed by atoms with Gasteiger partial charge in [-0.3, -0.25) is 19.2 Å². The summed E-state index contributed by atoms with van der Waals surface area (Å²) in [6.45, 7) is 3.93. The first-order chi connectivity index (χ1) is 16.3. The Morgan fingerprint density at radius 3 is 2.47 bits per heavy atom. The molecule has 1 amide bonds. The Kier molecular flexibility index (Phi) is 15.4. The van der Waals surface area contributed by atoms with Crippen molar-refractivity contribution in [2.24, 2.45) is 0 Å². The average Bonchev–Trinajstić information content (AvgIpc) is 3.45. The Bertz CT molecular complexity index is 669. The number of amides is 1. The van der Waals surface area contributed by atoms with Gasteiger partial charge in [-0.2, -0.15) is 0 Å². The molecule has 194 valence electrons. The van der Waals surface area contributed by atoms with E-state index in [2.05, 4.69) is 0 Å². The highest BCUT2D eigenvalue weighted by Crippen LogP contribution is 2.40. The fraction of sp³-hybridized carbons (Fsp3) is 0.840. The van der Waals surface area contributed by atoms with E-state index in [0.29, 0.717) is 25.0 Å². The number of ketones is 1. The molecule has 0 aromatic heterocycles. The van der Waals surface area contributed by atoms with Crippen molar-refractivity contribution in [2.75, 3.05) is 18.1 Å². The van der Waals surface area contributed by atoms with Gasteiger partial charge in [0.2, 0.25) is 5.91 Å². The van der Waals surface area contributed by atoms with Gasteiger partial charge in [-0.25, -0.2) is 0 Å². The van der Waals surface area contributed by atoms with Crippen molar-refractivity contribution >= 4 is 67.0 Å². The summed E-state index contributed by atoms with van der Waals surface area (Å²) in [5.41, 5.74) is 0. The maximum Gasteiger partial charge on any atom is 0.222 e. The Morgan fingerprint density at radius 1 is 0.971 bits per heavy atom. The second-order valence-electron chi connectivity index (χ2n) is 9.31. The van der Waals surface area contributed by atoms with E-state index in [1.807, 2.05) is 26.5 Å². The molecule has 2 heterocycles. The van der Waals surface area contributed by atoms with Crippen molar-refractivity contribution in [3.63, 3.8) is 0 Å². The lowest BCUT2D eigenvalue weighted by molar-refractivity contribution is -0.133. The van der Waals surface area contributed by atoms with Gasteiger partial charge >= 0.3 is 0 Å². The van der Waals surface area contributed by atoms with E-state index in [9.17, 15) is 19.2 Å². The minimum absolute atomic E-state index is 0.0893. The highest BCUT2D eigenvalue weighted by Gasteiger charge is 2.29. The third-order valence-electron chi connectivity index (χ3n) is 6.36. The first-order valence-electron chi connectivity index (χ1n) is 12.7. The Hall–Kier alpha value is -0.120. The molecule has 2 aliphatic rings. The van der Waals surface area contributed by atoms with Crippen LogP contribution < -0.4 is 0 Å². The van der Waals surface area contributed by atoms with E-state index in [1.54, 1.807) is 13.8 Å². The van der Waals surface area contributed by atoms with E-state index in [-0.39, 0.29) is 27.4 Å². The van der Waals surface area contributed by atoms with Gasteiger partial charge in [-0.1, -0.05) is 58.0 Å². The normalized spacial score (nSPS) is 21.1.